The van der Waals surface area contributed by atoms with E-state index in [9.17, 15) is 4.79 Å². The maximum atomic E-state index is 10.8. The van der Waals surface area contributed by atoms with Crippen molar-refractivity contribution in [3.05, 3.63) is 42.3 Å². The average molecular weight is 193 g/mol. The topological polar surface area (TPSA) is 58.6 Å². The van der Waals surface area contributed by atoms with Crippen molar-refractivity contribution in [2.24, 2.45) is 0 Å². The normalized spacial score (nSPS) is 10.1. The molecule has 0 heterocycles. The molecule has 0 aliphatic heterocycles. The van der Waals surface area contributed by atoms with Crippen molar-refractivity contribution < 1.29 is 14.6 Å². The van der Waals surface area contributed by atoms with Gasteiger partial charge in [-0.25, -0.2) is 4.79 Å². The fraction of sp³-hybridized carbons (Fsp3) is 0.100. The molecule has 74 valence electrons. The lowest BCUT2D eigenvalue weighted by atomic mass is 10.2. The lowest BCUT2D eigenvalue weighted by molar-refractivity contribution is 0.0698. The van der Waals surface area contributed by atoms with Gasteiger partial charge in [0.2, 0.25) is 0 Å². The first kappa shape index (κ1) is 10.1. The van der Waals surface area contributed by atoms with Gasteiger partial charge < -0.3 is 15.2 Å². The fourth-order valence-electron chi connectivity index (χ4n) is 0.987. The predicted octanol–water partition coefficient (Wildman–Crippen LogP) is 1.91. The molecule has 0 saturated carbocycles. The number of nitrogens with one attached hydrogen (secondary N) is 1. The quantitative estimate of drug-likeness (QED) is 0.717. The van der Waals surface area contributed by atoms with E-state index in [0.29, 0.717) is 5.69 Å². The second-order valence-corrected chi connectivity index (χ2v) is 2.53. The first-order valence-electron chi connectivity index (χ1n) is 4.02. The molecule has 2 N–H and O–H groups in total. The second kappa shape index (κ2) is 4.91. The first-order chi connectivity index (χ1) is 6.75. The van der Waals surface area contributed by atoms with Crippen LogP contribution in [-0.4, -0.2) is 18.2 Å². The average Bonchev–Trinajstić information content (AvgIpc) is 2.19. The molecular formula is C10H11NO3. The lowest BCUT2D eigenvalue weighted by Crippen LogP contribution is -2.01. The summed E-state index contributed by atoms with van der Waals surface area (Å²) in [5, 5.41) is 11.6. The van der Waals surface area contributed by atoms with Gasteiger partial charge in [0.1, 0.15) is 0 Å². The molecule has 1 rings (SSSR count). The molecule has 1 aromatic rings. The summed E-state index contributed by atoms with van der Waals surface area (Å²) in [6, 6.07) is 6.65. The standard InChI is InChI=1S/C10H11NO3/c1-14-7-6-11-9-5-3-2-4-8(9)10(12)13/h2-7,11H,1H3,(H,12,13). The predicted molar refractivity (Wildman–Crippen MR) is 53.2 cm³/mol. The number of hydrogen-bond acceptors (Lipinski definition) is 3. The minimum Gasteiger partial charge on any atom is -0.503 e. The van der Waals surface area contributed by atoms with Crippen molar-refractivity contribution in [1.29, 1.82) is 0 Å². The molecule has 0 atom stereocenters. The second-order valence-electron chi connectivity index (χ2n) is 2.53. The van der Waals surface area contributed by atoms with Gasteiger partial charge in [0, 0.05) is 6.20 Å². The number of aromatic carboxylic acids is 1. The van der Waals surface area contributed by atoms with Crippen LogP contribution in [0.15, 0.2) is 36.7 Å². The van der Waals surface area contributed by atoms with Gasteiger partial charge in [0.25, 0.3) is 0 Å². The molecule has 0 unspecified atom stereocenters. The number of methoxy groups -OCH3 is 1. The van der Waals surface area contributed by atoms with E-state index in [1.807, 2.05) is 0 Å². The van der Waals surface area contributed by atoms with Crippen LogP contribution in [0.5, 0.6) is 0 Å². The van der Waals surface area contributed by atoms with Gasteiger partial charge in [0.15, 0.2) is 0 Å². The van der Waals surface area contributed by atoms with E-state index in [-0.39, 0.29) is 5.56 Å². The molecule has 0 spiro atoms. The Balaban J connectivity index is 2.84. The van der Waals surface area contributed by atoms with E-state index in [1.54, 1.807) is 18.2 Å². The molecule has 0 aliphatic carbocycles. The summed E-state index contributed by atoms with van der Waals surface area (Å²) < 4.78 is 4.67. The molecule has 0 radical (unpaired) electrons. The number of carboxylic acids is 1. The lowest BCUT2D eigenvalue weighted by Gasteiger charge is -2.04. The Bertz CT molecular complexity index is 347. The van der Waals surface area contributed by atoms with Gasteiger partial charge in [-0.15, -0.1) is 0 Å². The SMILES string of the molecule is COC=CNc1ccccc1C(=O)O. The van der Waals surface area contributed by atoms with E-state index in [0.717, 1.165) is 0 Å². The number of benzene rings is 1. The number of ether oxygens (including phenoxy) is 1. The molecule has 0 saturated heterocycles. The number of rotatable bonds is 4. The van der Waals surface area contributed by atoms with Crippen LogP contribution in [0.4, 0.5) is 5.69 Å². The van der Waals surface area contributed by atoms with Crippen LogP contribution in [0.25, 0.3) is 0 Å². The summed E-state index contributed by atoms with van der Waals surface area (Å²) in [5.74, 6) is -0.959. The molecule has 0 bridgehead atoms. The van der Waals surface area contributed by atoms with Crippen LogP contribution in [0, 0.1) is 0 Å². The molecule has 0 fully saturated rings. The summed E-state index contributed by atoms with van der Waals surface area (Å²) in [6.45, 7) is 0. The highest BCUT2D eigenvalue weighted by Crippen LogP contribution is 2.14. The molecule has 14 heavy (non-hydrogen) atoms. The van der Waals surface area contributed by atoms with Crippen LogP contribution in [0.2, 0.25) is 0 Å². The third-order valence-corrected chi connectivity index (χ3v) is 1.60. The van der Waals surface area contributed by atoms with Crippen LogP contribution in [0.3, 0.4) is 0 Å². The highest BCUT2D eigenvalue weighted by molar-refractivity contribution is 5.94. The van der Waals surface area contributed by atoms with Crippen molar-refractivity contribution in [3.63, 3.8) is 0 Å². The minimum absolute atomic E-state index is 0.230. The zero-order chi connectivity index (χ0) is 10.4. The summed E-state index contributed by atoms with van der Waals surface area (Å²) in [4.78, 5) is 10.8. The Hall–Kier alpha value is -1.97. The Morgan fingerprint density at radius 3 is 2.86 bits per heavy atom. The Labute approximate surface area is 81.8 Å². The molecule has 0 amide bonds. The van der Waals surface area contributed by atoms with Crippen LogP contribution >= 0.6 is 0 Å². The highest BCUT2D eigenvalue weighted by Gasteiger charge is 2.06. The maximum Gasteiger partial charge on any atom is 0.337 e. The third-order valence-electron chi connectivity index (χ3n) is 1.60. The Morgan fingerprint density at radius 1 is 1.50 bits per heavy atom. The van der Waals surface area contributed by atoms with Gasteiger partial charge in [-0.2, -0.15) is 0 Å². The summed E-state index contributed by atoms with van der Waals surface area (Å²) in [5.41, 5.74) is 0.765. The van der Waals surface area contributed by atoms with E-state index in [4.69, 9.17) is 5.11 Å². The Morgan fingerprint density at radius 2 is 2.21 bits per heavy atom. The molecular weight excluding hydrogens is 182 g/mol. The van der Waals surface area contributed by atoms with Crippen LogP contribution in [0.1, 0.15) is 10.4 Å². The minimum atomic E-state index is -0.959. The molecule has 0 aliphatic rings. The van der Waals surface area contributed by atoms with Gasteiger partial charge in [-0.3, -0.25) is 0 Å². The first-order valence-corrected chi connectivity index (χ1v) is 4.02. The smallest absolute Gasteiger partial charge is 0.337 e. The van der Waals surface area contributed by atoms with E-state index in [1.165, 1.54) is 25.6 Å². The van der Waals surface area contributed by atoms with Crippen molar-refractivity contribution in [2.45, 2.75) is 0 Å². The Kier molecular flexibility index (Phi) is 3.55. The largest absolute Gasteiger partial charge is 0.503 e. The number of para-hydroxylation sites is 1. The van der Waals surface area contributed by atoms with E-state index in [2.05, 4.69) is 10.1 Å². The van der Waals surface area contributed by atoms with E-state index >= 15 is 0 Å². The van der Waals surface area contributed by atoms with Gasteiger partial charge in [-0.1, -0.05) is 12.1 Å². The van der Waals surface area contributed by atoms with Crippen molar-refractivity contribution >= 4 is 11.7 Å². The molecule has 0 aromatic heterocycles. The fourth-order valence-corrected chi connectivity index (χ4v) is 0.987. The van der Waals surface area contributed by atoms with E-state index < -0.39 is 5.97 Å². The maximum absolute atomic E-state index is 10.8. The molecule has 1 aromatic carbocycles. The van der Waals surface area contributed by atoms with Crippen molar-refractivity contribution in [1.82, 2.24) is 0 Å². The molecule has 4 heteroatoms. The summed E-state index contributed by atoms with van der Waals surface area (Å²) in [6.07, 6.45) is 2.96. The third kappa shape index (κ3) is 2.52. The number of carbonyl (C=O) groups is 1. The van der Waals surface area contributed by atoms with Gasteiger partial charge >= 0.3 is 5.97 Å². The number of anilines is 1. The zero-order valence-corrected chi connectivity index (χ0v) is 7.73. The monoisotopic (exact) mass is 193 g/mol. The molecule has 4 nitrogen and oxygen atoms in total. The van der Waals surface area contributed by atoms with Crippen LogP contribution in [-0.2, 0) is 4.74 Å². The summed E-state index contributed by atoms with van der Waals surface area (Å²) >= 11 is 0. The van der Waals surface area contributed by atoms with Crippen LogP contribution < -0.4 is 5.32 Å². The number of carboxylic acid groups (broad SMARTS) is 1. The highest BCUT2D eigenvalue weighted by atomic mass is 16.5. The van der Waals surface area contributed by atoms with Crippen molar-refractivity contribution in [2.75, 3.05) is 12.4 Å². The summed E-state index contributed by atoms with van der Waals surface area (Å²) in [7, 11) is 1.52. The van der Waals surface area contributed by atoms with Gasteiger partial charge in [-0.05, 0) is 12.1 Å². The van der Waals surface area contributed by atoms with Crippen molar-refractivity contribution in [3.8, 4) is 0 Å². The number of hydrogen-bond donors (Lipinski definition) is 2. The zero-order valence-electron chi connectivity index (χ0n) is 7.73. The van der Waals surface area contributed by atoms with Gasteiger partial charge in [0.05, 0.1) is 24.6 Å².